The van der Waals surface area contributed by atoms with Crippen molar-refractivity contribution in [2.45, 2.75) is 38.9 Å². The summed E-state index contributed by atoms with van der Waals surface area (Å²) in [4.78, 5) is 13.9. The summed E-state index contributed by atoms with van der Waals surface area (Å²) in [6.45, 7) is 7.49. The first-order chi connectivity index (χ1) is 13.8. The van der Waals surface area contributed by atoms with Crippen LogP contribution in [0.5, 0.6) is 0 Å². The van der Waals surface area contributed by atoms with Crippen molar-refractivity contribution in [1.29, 1.82) is 0 Å². The van der Waals surface area contributed by atoms with E-state index in [-0.39, 0.29) is 0 Å². The maximum Gasteiger partial charge on any atom is 0.0544 e. The summed E-state index contributed by atoms with van der Waals surface area (Å²) in [5.41, 5.74) is 3.58. The van der Waals surface area contributed by atoms with Gasteiger partial charge in [0.2, 0.25) is 0 Å². The fourth-order valence-electron chi connectivity index (χ4n) is 4.25. The van der Waals surface area contributed by atoms with Gasteiger partial charge < -0.3 is 4.57 Å². The summed E-state index contributed by atoms with van der Waals surface area (Å²) >= 11 is 0. The third-order valence-corrected chi connectivity index (χ3v) is 5.65. The molecule has 0 aromatic carbocycles. The largest absolute Gasteiger partial charge is 0.319 e. The summed E-state index contributed by atoms with van der Waals surface area (Å²) in [6, 6.07) is 15.3. The molecular weight excluding hydrogens is 346 g/mol. The zero-order valence-corrected chi connectivity index (χ0v) is 16.6. The number of likely N-dealkylation sites (N-methyl/N-ethyl adjacent to an activating group) is 1. The standard InChI is InChI=1S/C23H29N5/c1-2-27-15-5-8-22(27)18-26(17-20-7-3-4-12-25-20)19-23-9-6-16-28(23)21-10-13-24-14-11-21/h3-4,6-7,9-14,16,22H,2,5,8,15,17-19H2,1H3/t22-/m0/s1. The van der Waals surface area contributed by atoms with Crippen LogP contribution in [0.25, 0.3) is 5.69 Å². The van der Waals surface area contributed by atoms with Crippen molar-refractivity contribution in [3.8, 4) is 5.69 Å². The molecule has 5 heteroatoms. The fraction of sp³-hybridized carbons (Fsp3) is 0.391. The molecule has 1 fully saturated rings. The van der Waals surface area contributed by atoms with Gasteiger partial charge in [-0.3, -0.25) is 19.8 Å². The number of hydrogen-bond donors (Lipinski definition) is 0. The van der Waals surface area contributed by atoms with Crippen molar-refractivity contribution in [2.24, 2.45) is 0 Å². The Hall–Kier alpha value is -2.50. The van der Waals surface area contributed by atoms with Crippen LogP contribution in [0.15, 0.2) is 67.3 Å². The molecule has 1 aliphatic rings. The second-order valence-corrected chi connectivity index (χ2v) is 7.49. The Balaban J connectivity index is 1.55. The summed E-state index contributed by atoms with van der Waals surface area (Å²) in [5, 5.41) is 0. The first-order valence-electron chi connectivity index (χ1n) is 10.3. The number of pyridine rings is 2. The van der Waals surface area contributed by atoms with E-state index >= 15 is 0 Å². The van der Waals surface area contributed by atoms with Gasteiger partial charge in [0.05, 0.1) is 5.69 Å². The monoisotopic (exact) mass is 375 g/mol. The van der Waals surface area contributed by atoms with E-state index in [1.807, 2.05) is 24.7 Å². The van der Waals surface area contributed by atoms with Crippen LogP contribution in [-0.4, -0.2) is 50.0 Å². The molecule has 0 bridgehead atoms. The van der Waals surface area contributed by atoms with Gasteiger partial charge in [-0.15, -0.1) is 0 Å². The van der Waals surface area contributed by atoms with Crippen LogP contribution in [0.3, 0.4) is 0 Å². The summed E-state index contributed by atoms with van der Waals surface area (Å²) < 4.78 is 2.26. The van der Waals surface area contributed by atoms with Gasteiger partial charge in [-0.25, -0.2) is 0 Å². The zero-order valence-electron chi connectivity index (χ0n) is 16.6. The van der Waals surface area contributed by atoms with Crippen molar-refractivity contribution >= 4 is 0 Å². The van der Waals surface area contributed by atoms with E-state index in [0.29, 0.717) is 6.04 Å². The smallest absolute Gasteiger partial charge is 0.0544 e. The van der Waals surface area contributed by atoms with Gasteiger partial charge >= 0.3 is 0 Å². The predicted molar refractivity (Wildman–Crippen MR) is 112 cm³/mol. The highest BCUT2D eigenvalue weighted by molar-refractivity contribution is 5.32. The van der Waals surface area contributed by atoms with Gasteiger partial charge in [0.25, 0.3) is 0 Å². The Morgan fingerprint density at radius 2 is 1.93 bits per heavy atom. The molecule has 0 aliphatic carbocycles. The van der Waals surface area contributed by atoms with Gasteiger partial charge in [0.1, 0.15) is 0 Å². The van der Waals surface area contributed by atoms with Crippen LogP contribution in [0.2, 0.25) is 0 Å². The van der Waals surface area contributed by atoms with Crippen LogP contribution < -0.4 is 0 Å². The lowest BCUT2D eigenvalue weighted by Gasteiger charge is -2.30. The van der Waals surface area contributed by atoms with Crippen molar-refractivity contribution in [1.82, 2.24) is 24.3 Å². The molecule has 0 radical (unpaired) electrons. The highest BCUT2D eigenvalue weighted by atomic mass is 15.2. The Labute approximate surface area is 167 Å². The minimum absolute atomic E-state index is 0.637. The summed E-state index contributed by atoms with van der Waals surface area (Å²) in [7, 11) is 0. The Kier molecular flexibility index (Phi) is 6.14. The molecule has 3 aromatic rings. The van der Waals surface area contributed by atoms with E-state index in [1.165, 1.54) is 25.1 Å². The summed E-state index contributed by atoms with van der Waals surface area (Å²) in [5.74, 6) is 0. The Morgan fingerprint density at radius 1 is 1.04 bits per heavy atom. The van der Waals surface area contributed by atoms with Crippen LogP contribution in [0, 0.1) is 0 Å². The SMILES string of the molecule is CCN1CCC[C@H]1CN(Cc1ccccn1)Cc1cccn1-c1ccncc1. The van der Waals surface area contributed by atoms with Crippen LogP contribution >= 0.6 is 0 Å². The van der Waals surface area contributed by atoms with E-state index in [4.69, 9.17) is 0 Å². The van der Waals surface area contributed by atoms with Gasteiger partial charge in [-0.05, 0) is 62.3 Å². The van der Waals surface area contributed by atoms with Crippen molar-refractivity contribution < 1.29 is 0 Å². The van der Waals surface area contributed by atoms with Crippen LogP contribution in [0.4, 0.5) is 0 Å². The predicted octanol–water partition coefficient (Wildman–Crippen LogP) is 3.75. The third-order valence-electron chi connectivity index (χ3n) is 5.65. The first kappa shape index (κ1) is 18.8. The molecule has 0 saturated carbocycles. The van der Waals surface area contributed by atoms with Crippen molar-refractivity contribution in [3.63, 3.8) is 0 Å². The molecule has 3 aromatic heterocycles. The molecule has 4 rings (SSSR count). The summed E-state index contributed by atoms with van der Waals surface area (Å²) in [6.07, 6.45) is 10.3. The minimum Gasteiger partial charge on any atom is -0.319 e. The molecule has 1 aliphatic heterocycles. The first-order valence-corrected chi connectivity index (χ1v) is 10.3. The maximum absolute atomic E-state index is 4.57. The lowest BCUT2D eigenvalue weighted by Crippen LogP contribution is -2.40. The fourth-order valence-corrected chi connectivity index (χ4v) is 4.25. The molecule has 146 valence electrons. The van der Waals surface area contributed by atoms with Gasteiger partial charge in [-0.1, -0.05) is 13.0 Å². The molecule has 1 saturated heterocycles. The lowest BCUT2D eigenvalue weighted by atomic mass is 10.2. The van der Waals surface area contributed by atoms with Crippen LogP contribution in [-0.2, 0) is 13.1 Å². The molecular formula is C23H29N5. The Bertz CT molecular complexity index is 846. The quantitative estimate of drug-likeness (QED) is 0.601. The minimum atomic E-state index is 0.637. The second kappa shape index (κ2) is 9.13. The van der Waals surface area contributed by atoms with Gasteiger partial charge in [0, 0.05) is 61.8 Å². The zero-order chi connectivity index (χ0) is 19.2. The average Bonchev–Trinajstić information content (AvgIpc) is 3.38. The molecule has 0 unspecified atom stereocenters. The Morgan fingerprint density at radius 3 is 2.71 bits per heavy atom. The lowest BCUT2D eigenvalue weighted by molar-refractivity contribution is 0.163. The topological polar surface area (TPSA) is 37.2 Å². The number of hydrogen-bond acceptors (Lipinski definition) is 4. The molecule has 5 nitrogen and oxygen atoms in total. The molecule has 0 N–H and O–H groups in total. The van der Waals surface area contributed by atoms with Gasteiger partial charge in [0.15, 0.2) is 0 Å². The molecule has 4 heterocycles. The normalized spacial score (nSPS) is 17.4. The highest BCUT2D eigenvalue weighted by Crippen LogP contribution is 2.21. The molecule has 0 spiro atoms. The third kappa shape index (κ3) is 4.49. The number of likely N-dealkylation sites (tertiary alicyclic amines) is 1. The average molecular weight is 376 g/mol. The number of rotatable bonds is 8. The maximum atomic E-state index is 4.57. The van der Waals surface area contributed by atoms with E-state index in [0.717, 1.165) is 37.6 Å². The number of nitrogens with zero attached hydrogens (tertiary/aromatic N) is 5. The van der Waals surface area contributed by atoms with E-state index in [2.05, 4.69) is 73.9 Å². The highest BCUT2D eigenvalue weighted by Gasteiger charge is 2.25. The van der Waals surface area contributed by atoms with E-state index in [9.17, 15) is 0 Å². The molecule has 0 amide bonds. The molecule has 1 atom stereocenters. The van der Waals surface area contributed by atoms with Crippen molar-refractivity contribution in [3.05, 3.63) is 78.6 Å². The number of aromatic nitrogens is 3. The van der Waals surface area contributed by atoms with E-state index < -0.39 is 0 Å². The molecule has 28 heavy (non-hydrogen) atoms. The van der Waals surface area contributed by atoms with E-state index in [1.54, 1.807) is 0 Å². The van der Waals surface area contributed by atoms with Gasteiger partial charge in [-0.2, -0.15) is 0 Å². The second-order valence-electron chi connectivity index (χ2n) is 7.49. The van der Waals surface area contributed by atoms with Crippen LogP contribution in [0.1, 0.15) is 31.2 Å². The van der Waals surface area contributed by atoms with Crippen molar-refractivity contribution in [2.75, 3.05) is 19.6 Å².